The smallest absolute Gasteiger partial charge is 0.193 e. The monoisotopic (exact) mass is 274 g/mol. The molecule has 0 amide bonds. The molecule has 0 N–H and O–H groups in total. The van der Waals surface area contributed by atoms with Gasteiger partial charge >= 0.3 is 0 Å². The van der Waals surface area contributed by atoms with Crippen LogP contribution in [0.4, 0.5) is 0 Å². The van der Waals surface area contributed by atoms with E-state index in [9.17, 15) is 4.79 Å². The maximum absolute atomic E-state index is 11.3. The lowest BCUT2D eigenvalue weighted by atomic mass is 10.2. The molecule has 18 heavy (non-hydrogen) atoms. The third-order valence-electron chi connectivity index (χ3n) is 3.77. The van der Waals surface area contributed by atoms with Crippen LogP contribution in [0.3, 0.4) is 0 Å². The van der Waals surface area contributed by atoms with Crippen LogP contribution in [0.25, 0.3) is 0 Å². The number of carbonyl (C=O) groups excluding carboxylic acids is 1. The van der Waals surface area contributed by atoms with Gasteiger partial charge in [0.15, 0.2) is 14.1 Å². The molecule has 0 saturated carbocycles. The summed E-state index contributed by atoms with van der Waals surface area (Å²) in [6.07, 6.45) is 0.00918. The molecule has 1 saturated heterocycles. The molecule has 1 fully saturated rings. The molecule has 0 aromatic carbocycles. The molecule has 0 bridgehead atoms. The first-order chi connectivity index (χ1) is 7.98. The van der Waals surface area contributed by atoms with E-state index in [4.69, 9.17) is 13.9 Å². The molecule has 0 unspecified atom stereocenters. The molecular weight excluding hydrogens is 248 g/mol. The van der Waals surface area contributed by atoms with Gasteiger partial charge in [-0.05, 0) is 32.0 Å². The van der Waals surface area contributed by atoms with E-state index >= 15 is 0 Å². The standard InChI is InChI=1S/C13H26O4Si/c1-12(2,3)18(6,7)17-10(8-14)11-9-15-13(4,5)16-11/h8,10-11H,9H2,1-7H3/t10-,11-/m1/s1. The summed E-state index contributed by atoms with van der Waals surface area (Å²) in [5.41, 5.74) is 0. The summed E-state index contributed by atoms with van der Waals surface area (Å²) >= 11 is 0. The van der Waals surface area contributed by atoms with Crippen LogP contribution in [0.5, 0.6) is 0 Å². The lowest BCUT2D eigenvalue weighted by molar-refractivity contribution is -0.152. The van der Waals surface area contributed by atoms with Crippen molar-refractivity contribution in [2.45, 2.75) is 70.7 Å². The Morgan fingerprint density at radius 2 is 1.94 bits per heavy atom. The van der Waals surface area contributed by atoms with Crippen LogP contribution >= 0.6 is 0 Å². The van der Waals surface area contributed by atoms with Gasteiger partial charge in [0.2, 0.25) is 0 Å². The Kier molecular flexibility index (Phi) is 4.43. The zero-order chi connectivity index (χ0) is 14.2. The molecule has 4 nitrogen and oxygen atoms in total. The predicted molar refractivity (Wildman–Crippen MR) is 73.0 cm³/mol. The average molecular weight is 274 g/mol. The maximum atomic E-state index is 11.3. The topological polar surface area (TPSA) is 44.8 Å². The first-order valence-corrected chi connectivity index (χ1v) is 9.34. The highest BCUT2D eigenvalue weighted by molar-refractivity contribution is 6.74. The Morgan fingerprint density at radius 3 is 2.28 bits per heavy atom. The van der Waals surface area contributed by atoms with Gasteiger partial charge in [0.25, 0.3) is 0 Å². The number of rotatable bonds is 4. The first kappa shape index (κ1) is 15.8. The summed E-state index contributed by atoms with van der Waals surface area (Å²) in [6.45, 7) is 14.8. The van der Waals surface area contributed by atoms with Gasteiger partial charge in [0.1, 0.15) is 18.5 Å². The van der Waals surface area contributed by atoms with Crippen molar-refractivity contribution in [3.05, 3.63) is 0 Å². The minimum absolute atomic E-state index is 0.0727. The van der Waals surface area contributed by atoms with Crippen LogP contribution in [0.15, 0.2) is 0 Å². The van der Waals surface area contributed by atoms with E-state index in [1.165, 1.54) is 0 Å². The Hall–Kier alpha value is -0.233. The van der Waals surface area contributed by atoms with E-state index < -0.39 is 20.2 Å². The summed E-state index contributed by atoms with van der Waals surface area (Å²) in [4.78, 5) is 11.3. The van der Waals surface area contributed by atoms with Gasteiger partial charge in [-0.3, -0.25) is 0 Å². The molecule has 1 rings (SSSR count). The predicted octanol–water partition coefficient (Wildman–Crippen LogP) is 2.73. The van der Waals surface area contributed by atoms with Gasteiger partial charge in [-0.2, -0.15) is 0 Å². The van der Waals surface area contributed by atoms with E-state index in [1.807, 2.05) is 13.8 Å². The lowest BCUT2D eigenvalue weighted by Gasteiger charge is -2.39. The van der Waals surface area contributed by atoms with Gasteiger partial charge in [0.05, 0.1) is 6.61 Å². The fraction of sp³-hybridized carbons (Fsp3) is 0.923. The molecule has 0 radical (unpaired) electrons. The second-order valence-electron chi connectivity index (χ2n) is 6.85. The van der Waals surface area contributed by atoms with Crippen molar-refractivity contribution in [2.75, 3.05) is 6.61 Å². The average Bonchev–Trinajstić information content (AvgIpc) is 2.53. The summed E-state index contributed by atoms with van der Waals surface area (Å²) in [5, 5.41) is 0.0727. The molecule has 1 aliphatic rings. The van der Waals surface area contributed by atoms with Crippen molar-refractivity contribution in [1.82, 2.24) is 0 Å². The zero-order valence-corrected chi connectivity index (χ0v) is 13.6. The normalized spacial score (nSPS) is 26.1. The molecule has 0 aliphatic carbocycles. The second-order valence-corrected chi connectivity index (χ2v) is 11.6. The highest BCUT2D eigenvalue weighted by atomic mass is 28.4. The third kappa shape index (κ3) is 3.63. The van der Waals surface area contributed by atoms with E-state index in [0.29, 0.717) is 6.61 Å². The van der Waals surface area contributed by atoms with Crippen LogP contribution in [0.2, 0.25) is 18.1 Å². The molecule has 5 heteroatoms. The molecule has 1 aliphatic heterocycles. The molecule has 1 heterocycles. The number of ether oxygens (including phenoxy) is 2. The molecule has 0 aromatic rings. The number of hydrogen-bond acceptors (Lipinski definition) is 4. The molecule has 0 spiro atoms. The lowest BCUT2D eigenvalue weighted by Crippen LogP contribution is -2.48. The third-order valence-corrected chi connectivity index (χ3v) is 8.24. The molecule has 106 valence electrons. The summed E-state index contributed by atoms with van der Waals surface area (Å²) < 4.78 is 17.3. The van der Waals surface area contributed by atoms with Crippen molar-refractivity contribution in [3.8, 4) is 0 Å². The van der Waals surface area contributed by atoms with Crippen molar-refractivity contribution in [3.63, 3.8) is 0 Å². The fourth-order valence-electron chi connectivity index (χ4n) is 1.59. The summed E-state index contributed by atoms with van der Waals surface area (Å²) in [7, 11) is -1.97. The first-order valence-electron chi connectivity index (χ1n) is 6.43. The van der Waals surface area contributed by atoms with Crippen LogP contribution < -0.4 is 0 Å². The zero-order valence-electron chi connectivity index (χ0n) is 12.6. The number of carbonyl (C=O) groups is 1. The van der Waals surface area contributed by atoms with E-state index in [0.717, 1.165) is 6.29 Å². The highest BCUT2D eigenvalue weighted by Gasteiger charge is 2.44. The summed E-state index contributed by atoms with van der Waals surface area (Å²) in [5.74, 6) is -0.622. The minimum Gasteiger partial charge on any atom is -0.404 e. The van der Waals surface area contributed by atoms with Gasteiger partial charge in [-0.15, -0.1) is 0 Å². The van der Waals surface area contributed by atoms with E-state index in [-0.39, 0.29) is 11.1 Å². The van der Waals surface area contributed by atoms with E-state index in [2.05, 4.69) is 33.9 Å². The van der Waals surface area contributed by atoms with Gasteiger partial charge in [0, 0.05) is 0 Å². The van der Waals surface area contributed by atoms with Crippen molar-refractivity contribution < 1.29 is 18.7 Å². The van der Waals surface area contributed by atoms with Crippen LogP contribution in [0, 0.1) is 0 Å². The summed E-state index contributed by atoms with van der Waals surface area (Å²) in [6, 6.07) is 0. The second kappa shape index (κ2) is 5.04. The van der Waals surface area contributed by atoms with Gasteiger partial charge in [-0.25, -0.2) is 0 Å². The van der Waals surface area contributed by atoms with E-state index in [1.54, 1.807) is 0 Å². The minimum atomic E-state index is -1.97. The Labute approximate surface area is 111 Å². The molecule has 0 aromatic heterocycles. The van der Waals surface area contributed by atoms with Crippen molar-refractivity contribution in [2.24, 2.45) is 0 Å². The molecular formula is C13H26O4Si. The van der Waals surface area contributed by atoms with Crippen LogP contribution in [-0.2, 0) is 18.7 Å². The van der Waals surface area contributed by atoms with Crippen LogP contribution in [0.1, 0.15) is 34.6 Å². The van der Waals surface area contributed by atoms with Gasteiger partial charge in [-0.1, -0.05) is 20.8 Å². The Bertz CT molecular complexity index is 307. The Balaban J connectivity index is 2.72. The van der Waals surface area contributed by atoms with Crippen molar-refractivity contribution in [1.29, 1.82) is 0 Å². The Morgan fingerprint density at radius 1 is 1.39 bits per heavy atom. The SMILES string of the molecule is CC1(C)OC[C@H]([C@@H](C=O)O[Si](C)(C)C(C)(C)C)O1. The quantitative estimate of drug-likeness (QED) is 0.584. The number of hydrogen-bond donors (Lipinski definition) is 0. The highest BCUT2D eigenvalue weighted by Crippen LogP contribution is 2.38. The van der Waals surface area contributed by atoms with Crippen molar-refractivity contribution >= 4 is 14.6 Å². The number of aldehydes is 1. The largest absolute Gasteiger partial charge is 0.404 e. The van der Waals surface area contributed by atoms with Gasteiger partial charge < -0.3 is 18.7 Å². The fourth-order valence-corrected chi connectivity index (χ4v) is 2.83. The van der Waals surface area contributed by atoms with Crippen LogP contribution in [-0.4, -0.2) is 39.2 Å². The maximum Gasteiger partial charge on any atom is 0.193 e. The molecule has 2 atom stereocenters.